The highest BCUT2D eigenvalue weighted by molar-refractivity contribution is 9.10. The van der Waals surface area contributed by atoms with Crippen molar-refractivity contribution in [3.63, 3.8) is 0 Å². The van der Waals surface area contributed by atoms with E-state index in [-0.39, 0.29) is 6.54 Å². The van der Waals surface area contributed by atoms with E-state index in [1.165, 1.54) is 0 Å². The second kappa shape index (κ2) is 6.08. The SMILES string of the molecule is Cc1ncn2c1Cn1nc(CNC(=O)CO)nc1-c1cc(Br)ccc1-2. The molecule has 0 saturated carbocycles. The third-order valence-corrected chi connectivity index (χ3v) is 4.63. The van der Waals surface area contributed by atoms with Gasteiger partial charge in [-0.15, -0.1) is 0 Å². The number of aliphatic hydroxyl groups excluding tert-OH is 1. The molecule has 3 heterocycles. The Bertz CT molecular complexity index is 977. The molecule has 1 amide bonds. The molecule has 2 N–H and O–H groups in total. The van der Waals surface area contributed by atoms with Crippen molar-refractivity contribution in [2.75, 3.05) is 6.61 Å². The van der Waals surface area contributed by atoms with Crippen molar-refractivity contribution < 1.29 is 9.90 Å². The Morgan fingerprint density at radius 1 is 1.44 bits per heavy atom. The third kappa shape index (κ3) is 2.75. The molecule has 0 saturated heterocycles. The van der Waals surface area contributed by atoms with E-state index in [2.05, 4.69) is 40.9 Å². The second-order valence-electron chi connectivity index (χ2n) is 5.75. The summed E-state index contributed by atoms with van der Waals surface area (Å²) in [6.45, 7) is 2.12. The average molecular weight is 403 g/mol. The van der Waals surface area contributed by atoms with Crippen LogP contribution in [0.5, 0.6) is 0 Å². The molecule has 0 fully saturated rings. The van der Waals surface area contributed by atoms with Gasteiger partial charge in [-0.2, -0.15) is 5.10 Å². The van der Waals surface area contributed by atoms with Crippen LogP contribution in [0.4, 0.5) is 0 Å². The van der Waals surface area contributed by atoms with Gasteiger partial charge in [-0.3, -0.25) is 4.79 Å². The largest absolute Gasteiger partial charge is 0.387 e. The van der Waals surface area contributed by atoms with Crippen LogP contribution in [0, 0.1) is 6.92 Å². The van der Waals surface area contributed by atoms with Gasteiger partial charge in [0, 0.05) is 10.0 Å². The Hall–Kier alpha value is -2.52. The van der Waals surface area contributed by atoms with Gasteiger partial charge in [0.25, 0.3) is 0 Å². The van der Waals surface area contributed by atoms with Gasteiger partial charge in [0.2, 0.25) is 5.91 Å². The summed E-state index contributed by atoms with van der Waals surface area (Å²) in [4.78, 5) is 20.3. The number of hydrogen-bond acceptors (Lipinski definition) is 5. The molecule has 128 valence electrons. The number of hydrogen-bond donors (Lipinski definition) is 2. The number of aryl methyl sites for hydroxylation is 1. The van der Waals surface area contributed by atoms with E-state index >= 15 is 0 Å². The van der Waals surface area contributed by atoms with Crippen molar-refractivity contribution >= 4 is 21.8 Å². The smallest absolute Gasteiger partial charge is 0.246 e. The molecule has 0 unspecified atom stereocenters. The van der Waals surface area contributed by atoms with Crippen LogP contribution in [0.2, 0.25) is 0 Å². The number of halogens is 1. The minimum absolute atomic E-state index is 0.168. The Morgan fingerprint density at radius 3 is 3.08 bits per heavy atom. The van der Waals surface area contributed by atoms with Gasteiger partial charge in [0.05, 0.1) is 36.5 Å². The van der Waals surface area contributed by atoms with Gasteiger partial charge in [-0.25, -0.2) is 14.6 Å². The lowest BCUT2D eigenvalue weighted by atomic mass is 10.1. The van der Waals surface area contributed by atoms with E-state index in [0.717, 1.165) is 32.9 Å². The first kappa shape index (κ1) is 16.0. The van der Waals surface area contributed by atoms with Crippen molar-refractivity contribution in [2.24, 2.45) is 0 Å². The number of nitrogens with one attached hydrogen (secondary N) is 1. The molecule has 8 nitrogen and oxygen atoms in total. The third-order valence-electron chi connectivity index (χ3n) is 4.14. The van der Waals surface area contributed by atoms with Gasteiger partial charge >= 0.3 is 0 Å². The van der Waals surface area contributed by atoms with Crippen molar-refractivity contribution in [3.8, 4) is 17.1 Å². The van der Waals surface area contributed by atoms with Crippen molar-refractivity contribution in [1.29, 1.82) is 0 Å². The standard InChI is InChI=1S/C16H15BrN6O2/c1-9-13-6-23-16(20-14(21-23)5-18-15(25)7-24)11-4-10(17)2-3-12(11)22(13)8-19-9/h2-4,8,24H,5-7H2,1H3,(H,18,25). The summed E-state index contributed by atoms with van der Waals surface area (Å²) in [7, 11) is 0. The monoisotopic (exact) mass is 402 g/mol. The second-order valence-corrected chi connectivity index (χ2v) is 6.67. The van der Waals surface area contributed by atoms with Crippen LogP contribution in [0.25, 0.3) is 17.1 Å². The van der Waals surface area contributed by atoms with Gasteiger partial charge in [-0.1, -0.05) is 15.9 Å². The number of carbonyl (C=O) groups is 1. The predicted molar refractivity (Wildman–Crippen MR) is 93.1 cm³/mol. The van der Waals surface area contributed by atoms with Gasteiger partial charge in [0.1, 0.15) is 6.61 Å². The fourth-order valence-electron chi connectivity index (χ4n) is 2.91. The number of carbonyl (C=O) groups excluding carboxylic acids is 1. The number of fused-ring (bicyclic) bond motifs is 5. The summed E-state index contributed by atoms with van der Waals surface area (Å²) in [6, 6.07) is 5.99. The molecule has 0 bridgehead atoms. The van der Waals surface area contributed by atoms with E-state index in [0.29, 0.717) is 12.4 Å². The number of amides is 1. The van der Waals surface area contributed by atoms with Gasteiger partial charge in [0.15, 0.2) is 11.6 Å². The lowest BCUT2D eigenvalue weighted by Gasteiger charge is -2.08. The molecule has 1 aliphatic heterocycles. The highest BCUT2D eigenvalue weighted by atomic mass is 79.9. The Morgan fingerprint density at radius 2 is 2.28 bits per heavy atom. The maximum absolute atomic E-state index is 11.3. The van der Waals surface area contributed by atoms with Crippen LogP contribution in [0.15, 0.2) is 29.0 Å². The number of aromatic nitrogens is 5. The van der Waals surface area contributed by atoms with E-state index in [1.807, 2.05) is 36.1 Å². The number of benzene rings is 1. The van der Waals surface area contributed by atoms with Crippen LogP contribution < -0.4 is 5.32 Å². The molecule has 2 aromatic heterocycles. The maximum atomic E-state index is 11.3. The zero-order chi connectivity index (χ0) is 17.6. The molecular formula is C16H15BrN6O2. The van der Waals surface area contributed by atoms with Gasteiger partial charge < -0.3 is 15.0 Å². The molecule has 0 radical (unpaired) electrons. The zero-order valence-corrected chi connectivity index (χ0v) is 15.0. The molecule has 9 heteroatoms. The number of nitrogens with zero attached hydrogens (tertiary/aromatic N) is 5. The lowest BCUT2D eigenvalue weighted by molar-refractivity contribution is -0.124. The number of imidazole rings is 1. The molecule has 1 aromatic carbocycles. The lowest BCUT2D eigenvalue weighted by Crippen LogP contribution is -2.26. The minimum atomic E-state index is -0.554. The summed E-state index contributed by atoms with van der Waals surface area (Å²) in [5.74, 6) is 0.767. The van der Waals surface area contributed by atoms with Crippen LogP contribution >= 0.6 is 15.9 Å². The molecule has 4 rings (SSSR count). The van der Waals surface area contributed by atoms with Crippen molar-refractivity contribution in [1.82, 2.24) is 29.6 Å². The molecule has 0 spiro atoms. The highest BCUT2D eigenvalue weighted by Crippen LogP contribution is 2.33. The van der Waals surface area contributed by atoms with Crippen LogP contribution in [-0.4, -0.2) is 41.9 Å². The van der Waals surface area contributed by atoms with E-state index < -0.39 is 12.5 Å². The first-order valence-electron chi connectivity index (χ1n) is 7.71. The van der Waals surface area contributed by atoms with Crippen LogP contribution in [-0.2, 0) is 17.9 Å². The summed E-state index contributed by atoms with van der Waals surface area (Å²) in [5, 5.41) is 15.9. The van der Waals surface area contributed by atoms with Crippen molar-refractivity contribution in [2.45, 2.75) is 20.0 Å². The first-order valence-corrected chi connectivity index (χ1v) is 8.50. The molecular weight excluding hydrogens is 388 g/mol. The average Bonchev–Trinajstić information content (AvgIpc) is 3.14. The highest BCUT2D eigenvalue weighted by Gasteiger charge is 2.24. The predicted octanol–water partition coefficient (Wildman–Crippen LogP) is 1.17. The number of aliphatic hydroxyl groups is 1. The molecule has 3 aromatic rings. The Balaban J connectivity index is 1.83. The molecule has 1 aliphatic rings. The summed E-state index contributed by atoms with van der Waals surface area (Å²) >= 11 is 3.51. The molecule has 0 atom stereocenters. The summed E-state index contributed by atoms with van der Waals surface area (Å²) in [6.07, 6.45) is 1.81. The number of rotatable bonds is 3. The maximum Gasteiger partial charge on any atom is 0.246 e. The first-order chi connectivity index (χ1) is 12.1. The van der Waals surface area contributed by atoms with Crippen molar-refractivity contribution in [3.05, 3.63) is 46.2 Å². The van der Waals surface area contributed by atoms with E-state index in [1.54, 1.807) is 0 Å². The molecule has 25 heavy (non-hydrogen) atoms. The minimum Gasteiger partial charge on any atom is -0.387 e. The fraction of sp³-hybridized carbons (Fsp3) is 0.250. The van der Waals surface area contributed by atoms with E-state index in [9.17, 15) is 4.79 Å². The van der Waals surface area contributed by atoms with E-state index in [4.69, 9.17) is 5.11 Å². The van der Waals surface area contributed by atoms with Crippen LogP contribution in [0.1, 0.15) is 17.2 Å². The van der Waals surface area contributed by atoms with Crippen LogP contribution in [0.3, 0.4) is 0 Å². The summed E-state index contributed by atoms with van der Waals surface area (Å²) < 4.78 is 4.82. The topological polar surface area (TPSA) is 97.9 Å². The normalized spacial score (nSPS) is 12.1. The van der Waals surface area contributed by atoms with Gasteiger partial charge in [-0.05, 0) is 25.1 Å². The Kier molecular flexibility index (Phi) is 3.89. The fourth-order valence-corrected chi connectivity index (χ4v) is 3.27. The summed E-state index contributed by atoms with van der Waals surface area (Å²) in [5.41, 5.74) is 3.89. The Labute approximate surface area is 151 Å². The quantitative estimate of drug-likeness (QED) is 0.535. The zero-order valence-electron chi connectivity index (χ0n) is 13.4. The molecule has 0 aliphatic carbocycles.